The maximum Gasteiger partial charge on any atom is 1.00 e. The van der Waals surface area contributed by atoms with E-state index in [9.17, 15) is 0 Å². The average molecular weight is 302 g/mol. The van der Waals surface area contributed by atoms with Crippen molar-refractivity contribution in [1.82, 2.24) is 0 Å². The van der Waals surface area contributed by atoms with E-state index in [2.05, 4.69) is 41.0 Å². The number of hydrogen-bond acceptors (Lipinski definition) is 0. The quantitative estimate of drug-likeness (QED) is 0.571. The van der Waals surface area contributed by atoms with Crippen molar-refractivity contribution < 1.29 is 19.5 Å². The van der Waals surface area contributed by atoms with Gasteiger partial charge >= 0.3 is 19.5 Å². The summed E-state index contributed by atoms with van der Waals surface area (Å²) in [6.45, 7) is 11.4. The van der Waals surface area contributed by atoms with Crippen molar-refractivity contribution in [2.45, 2.75) is 53.4 Å². The normalized spacial score (nSPS) is 17.4. The molecule has 2 bridgehead atoms. The molecule has 0 aromatic heterocycles. The second-order valence-corrected chi connectivity index (χ2v) is 4.96. The summed E-state index contributed by atoms with van der Waals surface area (Å²) >= 11 is 0. The molecule has 0 heterocycles. The molecule has 0 saturated heterocycles. The predicted octanol–water partition coefficient (Wildman–Crippen LogP) is 4.04. The molecule has 0 amide bonds. The van der Waals surface area contributed by atoms with Crippen LogP contribution in [0.25, 0.3) is 0 Å². The Morgan fingerprint density at radius 3 is 2.31 bits per heavy atom. The summed E-state index contributed by atoms with van der Waals surface area (Å²) in [6, 6.07) is 0. The second-order valence-electron chi connectivity index (χ2n) is 4.96. The Morgan fingerprint density at radius 1 is 1.12 bits per heavy atom. The monoisotopic (exact) mass is 303 g/mol. The molecule has 1 aromatic rings. The fraction of sp³-hybridized carbons (Fsp3) is 0.533. The van der Waals surface area contributed by atoms with Gasteiger partial charge in [0.15, 0.2) is 0 Å². The third-order valence-electron chi connectivity index (χ3n) is 4.03. The van der Waals surface area contributed by atoms with E-state index in [1.165, 1.54) is 6.42 Å². The summed E-state index contributed by atoms with van der Waals surface area (Å²) < 4.78 is 0. The van der Waals surface area contributed by atoms with Gasteiger partial charge in [0.25, 0.3) is 0 Å². The third-order valence-corrected chi connectivity index (χ3v) is 4.03. The van der Waals surface area contributed by atoms with Crippen molar-refractivity contribution in [2.24, 2.45) is 0 Å². The molecule has 1 aliphatic rings. The van der Waals surface area contributed by atoms with Crippen molar-refractivity contribution in [3.05, 3.63) is 39.8 Å². The van der Waals surface area contributed by atoms with Gasteiger partial charge in [0.2, 0.25) is 0 Å². The van der Waals surface area contributed by atoms with Crippen LogP contribution < -0.4 is 0 Å². The molecule has 1 heteroatoms. The largest absolute Gasteiger partial charge is 1.00 e. The van der Waals surface area contributed by atoms with Crippen LogP contribution in [0.5, 0.6) is 0 Å². The van der Waals surface area contributed by atoms with Gasteiger partial charge in [0, 0.05) is 0 Å². The summed E-state index contributed by atoms with van der Waals surface area (Å²) in [5.74, 6) is 0.740. The standard InChI is InChI=1S/C15H21.Ru/c1-6-7-13-10(3)14-8-9(2)15(11(13)4)12(14)5;/h6,9H,7-8H2,1-5H3;/q-1;+1. The molecule has 16 heavy (non-hydrogen) atoms. The summed E-state index contributed by atoms with van der Waals surface area (Å²) in [5.41, 5.74) is 9.51. The van der Waals surface area contributed by atoms with Gasteiger partial charge in [-0.05, 0) is 60.9 Å². The Bertz CT molecular complexity index is 405. The molecule has 0 nitrogen and oxygen atoms in total. The van der Waals surface area contributed by atoms with E-state index in [4.69, 9.17) is 0 Å². The first-order valence-electron chi connectivity index (χ1n) is 5.97. The van der Waals surface area contributed by atoms with Crippen molar-refractivity contribution in [3.8, 4) is 0 Å². The number of rotatable bonds is 2. The zero-order valence-corrected chi connectivity index (χ0v) is 12.7. The van der Waals surface area contributed by atoms with Gasteiger partial charge < -0.3 is 6.42 Å². The molecule has 0 N–H and O–H groups in total. The molecule has 0 saturated carbocycles. The Kier molecular flexibility index (Phi) is 4.35. The molecule has 1 aromatic carbocycles. The van der Waals surface area contributed by atoms with Crippen LogP contribution in [-0.4, -0.2) is 0 Å². The topological polar surface area (TPSA) is 0 Å². The van der Waals surface area contributed by atoms with E-state index < -0.39 is 0 Å². The van der Waals surface area contributed by atoms with Gasteiger partial charge in [0.05, 0.1) is 0 Å². The summed E-state index contributed by atoms with van der Waals surface area (Å²) in [4.78, 5) is 0. The molecule has 1 aliphatic carbocycles. The summed E-state index contributed by atoms with van der Waals surface area (Å²) in [6.07, 6.45) is 4.66. The zero-order valence-electron chi connectivity index (χ0n) is 10.9. The van der Waals surface area contributed by atoms with Crippen LogP contribution in [0.1, 0.15) is 53.1 Å². The van der Waals surface area contributed by atoms with Crippen LogP contribution >= 0.6 is 0 Å². The maximum atomic E-state index is 2.36. The molecule has 0 fully saturated rings. The molecule has 2 rings (SSSR count). The summed E-state index contributed by atoms with van der Waals surface area (Å²) in [7, 11) is 0. The first kappa shape index (κ1) is 13.9. The van der Waals surface area contributed by atoms with Gasteiger partial charge in [-0.2, -0.15) is 13.3 Å². The van der Waals surface area contributed by atoms with Crippen LogP contribution in [-0.2, 0) is 32.3 Å². The van der Waals surface area contributed by atoms with E-state index in [-0.39, 0.29) is 19.5 Å². The van der Waals surface area contributed by atoms with Crippen LogP contribution in [0.3, 0.4) is 0 Å². The van der Waals surface area contributed by atoms with Gasteiger partial charge in [-0.15, -0.1) is 0 Å². The average Bonchev–Trinajstić information content (AvgIpc) is 2.43. The van der Waals surface area contributed by atoms with Crippen LogP contribution in [0.15, 0.2) is 0 Å². The Morgan fingerprint density at radius 2 is 1.75 bits per heavy atom. The second kappa shape index (κ2) is 5.00. The van der Waals surface area contributed by atoms with E-state index in [0.717, 1.165) is 12.3 Å². The van der Waals surface area contributed by atoms with Crippen molar-refractivity contribution >= 4 is 0 Å². The first-order valence-corrected chi connectivity index (χ1v) is 5.97. The van der Waals surface area contributed by atoms with E-state index in [1.54, 1.807) is 33.4 Å². The molecule has 89 valence electrons. The zero-order chi connectivity index (χ0) is 11.2. The van der Waals surface area contributed by atoms with Crippen molar-refractivity contribution in [1.29, 1.82) is 0 Å². The van der Waals surface area contributed by atoms with E-state index in [1.807, 2.05) is 0 Å². The Balaban J connectivity index is 0.00000128. The van der Waals surface area contributed by atoms with E-state index in [0.29, 0.717) is 0 Å². The number of fused-ring (bicyclic) bond motifs is 2. The van der Waals surface area contributed by atoms with E-state index >= 15 is 0 Å². The fourth-order valence-corrected chi connectivity index (χ4v) is 3.31. The molecule has 0 spiro atoms. The minimum atomic E-state index is 0. The Labute approximate surface area is 113 Å². The SMILES string of the molecule is C[CH-]Cc1c(C)c2c(C)c(c1C)C(C)C2.[Ru+]. The van der Waals surface area contributed by atoms with Gasteiger partial charge in [-0.1, -0.05) is 12.5 Å². The molecule has 1 unspecified atom stereocenters. The first-order chi connectivity index (χ1) is 7.07. The smallest absolute Gasteiger partial charge is 0.327 e. The summed E-state index contributed by atoms with van der Waals surface area (Å²) in [5, 5.41) is 0. The predicted molar refractivity (Wildman–Crippen MR) is 66.5 cm³/mol. The van der Waals surface area contributed by atoms with Crippen molar-refractivity contribution in [2.75, 3.05) is 0 Å². The minimum absolute atomic E-state index is 0. The van der Waals surface area contributed by atoms with Crippen LogP contribution in [0.2, 0.25) is 0 Å². The molecular weight excluding hydrogens is 281 g/mol. The third kappa shape index (κ3) is 1.88. The molecule has 1 atom stereocenters. The number of hydrogen-bond donors (Lipinski definition) is 0. The number of benzene rings is 1. The van der Waals surface area contributed by atoms with Gasteiger partial charge in [0.1, 0.15) is 0 Å². The molecule has 0 aliphatic heterocycles. The Hall–Kier alpha value is -0.157. The van der Waals surface area contributed by atoms with Gasteiger partial charge in [-0.25, -0.2) is 0 Å². The molecular formula is C15H21Ru. The van der Waals surface area contributed by atoms with Gasteiger partial charge in [-0.3, -0.25) is 0 Å². The van der Waals surface area contributed by atoms with Crippen molar-refractivity contribution in [3.63, 3.8) is 0 Å². The minimum Gasteiger partial charge on any atom is -0.327 e. The fourth-order valence-electron chi connectivity index (χ4n) is 3.31. The maximum absolute atomic E-state index is 2.36. The van der Waals surface area contributed by atoms with Crippen LogP contribution in [0.4, 0.5) is 0 Å². The van der Waals surface area contributed by atoms with Crippen LogP contribution in [0, 0.1) is 27.2 Å². The molecule has 1 radical (unpaired) electrons.